The average Bonchev–Trinajstić information content (AvgIpc) is 3.12. The van der Waals surface area contributed by atoms with Crippen LogP contribution in [0.25, 0.3) is 0 Å². The van der Waals surface area contributed by atoms with Crippen LogP contribution in [0.5, 0.6) is 0 Å². The number of benzene rings is 1. The molecule has 7 nitrogen and oxygen atoms in total. The van der Waals surface area contributed by atoms with Gasteiger partial charge in [-0.1, -0.05) is 18.0 Å². The lowest BCUT2D eigenvalue weighted by atomic mass is 9.81. The average molecular weight is 388 g/mol. The number of carboxylic acid groups (broad SMARTS) is 1. The van der Waals surface area contributed by atoms with Crippen molar-refractivity contribution in [3.63, 3.8) is 0 Å². The maximum Gasteiger partial charge on any atom is 0.339 e. The molecule has 0 bridgehead atoms. The number of carboxylic acids is 1. The molecule has 1 aliphatic heterocycles. The molecule has 0 aromatic heterocycles. The Morgan fingerprint density at radius 3 is 2.68 bits per heavy atom. The first-order valence-corrected chi connectivity index (χ1v) is 9.65. The minimum Gasteiger partial charge on any atom is -0.481 e. The number of esters is 1. The van der Waals surface area contributed by atoms with Crippen molar-refractivity contribution in [2.75, 3.05) is 20.2 Å². The molecule has 0 radical (unpaired) electrons. The van der Waals surface area contributed by atoms with Crippen molar-refractivity contribution in [3.8, 4) is 0 Å². The quantitative estimate of drug-likeness (QED) is 0.793. The van der Waals surface area contributed by atoms with Gasteiger partial charge < -0.3 is 9.84 Å². The molecule has 9 heteroatoms. The first-order chi connectivity index (χ1) is 11.7. The molecule has 0 amide bonds. The van der Waals surface area contributed by atoms with Crippen LogP contribution < -0.4 is 0 Å². The number of sulfonamides is 1. The van der Waals surface area contributed by atoms with Crippen molar-refractivity contribution in [3.05, 3.63) is 28.8 Å². The van der Waals surface area contributed by atoms with Gasteiger partial charge in [0.15, 0.2) is 0 Å². The van der Waals surface area contributed by atoms with Crippen LogP contribution in [0.1, 0.15) is 29.6 Å². The van der Waals surface area contributed by atoms with E-state index in [0.29, 0.717) is 12.8 Å². The van der Waals surface area contributed by atoms with Crippen molar-refractivity contribution in [1.82, 2.24) is 4.31 Å². The molecule has 136 valence electrons. The highest BCUT2D eigenvalue weighted by atomic mass is 35.5. The summed E-state index contributed by atoms with van der Waals surface area (Å²) in [7, 11) is -2.68. The van der Waals surface area contributed by atoms with Gasteiger partial charge in [0.1, 0.15) is 0 Å². The number of ether oxygens (including phenoxy) is 1. The lowest BCUT2D eigenvalue weighted by Gasteiger charge is -2.23. The Morgan fingerprint density at radius 2 is 2.12 bits per heavy atom. The van der Waals surface area contributed by atoms with Crippen molar-refractivity contribution in [2.24, 2.45) is 11.3 Å². The second kappa shape index (κ2) is 6.26. The Bertz CT molecular complexity index is 839. The summed E-state index contributed by atoms with van der Waals surface area (Å²) in [5.41, 5.74) is -0.925. The van der Waals surface area contributed by atoms with Gasteiger partial charge in [-0.25, -0.2) is 13.2 Å². The summed E-state index contributed by atoms with van der Waals surface area (Å²) >= 11 is 6.01. The molecule has 1 aromatic rings. The number of fused-ring (bicyclic) bond motifs is 1. The largest absolute Gasteiger partial charge is 0.481 e. The molecule has 2 aliphatic rings. The lowest BCUT2D eigenvalue weighted by Crippen LogP contribution is -2.37. The number of hydrogen-bond acceptors (Lipinski definition) is 5. The van der Waals surface area contributed by atoms with Gasteiger partial charge in [0.05, 0.1) is 28.0 Å². The summed E-state index contributed by atoms with van der Waals surface area (Å²) in [6, 6.07) is 3.78. The summed E-state index contributed by atoms with van der Waals surface area (Å²) in [5, 5.41) is 9.58. The lowest BCUT2D eigenvalue weighted by molar-refractivity contribution is -0.149. The number of halogens is 1. The van der Waals surface area contributed by atoms with E-state index >= 15 is 0 Å². The minimum absolute atomic E-state index is 0.0275. The Morgan fingerprint density at radius 1 is 1.40 bits per heavy atom. The molecule has 0 spiro atoms. The predicted molar refractivity (Wildman–Crippen MR) is 89.0 cm³/mol. The van der Waals surface area contributed by atoms with E-state index in [4.69, 9.17) is 11.6 Å². The highest BCUT2D eigenvalue weighted by Gasteiger charge is 2.57. The Hall–Kier alpha value is -1.64. The van der Waals surface area contributed by atoms with Crippen molar-refractivity contribution < 1.29 is 27.9 Å². The maximum atomic E-state index is 12.9. The first-order valence-electron chi connectivity index (χ1n) is 7.84. The highest BCUT2D eigenvalue weighted by Crippen LogP contribution is 2.50. The molecule has 1 heterocycles. The molecule has 1 N–H and O–H groups in total. The van der Waals surface area contributed by atoms with Gasteiger partial charge in [0, 0.05) is 13.1 Å². The fraction of sp³-hybridized carbons (Fsp3) is 0.500. The Labute approximate surface area is 150 Å². The van der Waals surface area contributed by atoms with E-state index in [1.807, 2.05) is 0 Å². The first kappa shape index (κ1) is 18.2. The summed E-state index contributed by atoms with van der Waals surface area (Å²) < 4.78 is 31.6. The van der Waals surface area contributed by atoms with Crippen LogP contribution in [0, 0.1) is 11.3 Å². The van der Waals surface area contributed by atoms with Gasteiger partial charge >= 0.3 is 11.9 Å². The van der Waals surface area contributed by atoms with Crippen LogP contribution in [0.15, 0.2) is 23.1 Å². The predicted octanol–water partition coefficient (Wildman–Crippen LogP) is 2.00. The van der Waals surface area contributed by atoms with Gasteiger partial charge in [-0.2, -0.15) is 4.31 Å². The molecule has 1 aromatic carbocycles. The molecule has 2 fully saturated rings. The summed E-state index contributed by atoms with van der Waals surface area (Å²) in [6.07, 6.45) is 1.99. The van der Waals surface area contributed by atoms with Crippen LogP contribution >= 0.6 is 11.6 Å². The number of methoxy groups -OCH3 is 1. The molecule has 1 saturated heterocycles. The van der Waals surface area contributed by atoms with E-state index in [1.54, 1.807) is 0 Å². The Balaban J connectivity index is 1.92. The normalized spacial score (nSPS) is 26.4. The Kier molecular flexibility index (Phi) is 4.55. The van der Waals surface area contributed by atoms with E-state index in [-0.39, 0.29) is 34.5 Å². The summed E-state index contributed by atoms with van der Waals surface area (Å²) in [4.78, 5) is 23.2. The van der Waals surface area contributed by atoms with E-state index in [0.717, 1.165) is 6.42 Å². The maximum absolute atomic E-state index is 12.9. The summed E-state index contributed by atoms with van der Waals surface area (Å²) in [6.45, 7) is 0.150. The second-order valence-corrected chi connectivity index (χ2v) is 8.83. The third kappa shape index (κ3) is 2.82. The van der Waals surface area contributed by atoms with E-state index in [9.17, 15) is 23.1 Å². The zero-order valence-corrected chi connectivity index (χ0v) is 15.1. The molecule has 1 saturated carbocycles. The fourth-order valence-corrected chi connectivity index (χ4v) is 5.76. The van der Waals surface area contributed by atoms with E-state index < -0.39 is 27.4 Å². The van der Waals surface area contributed by atoms with Gasteiger partial charge in [0.2, 0.25) is 10.0 Å². The van der Waals surface area contributed by atoms with Gasteiger partial charge in [-0.3, -0.25) is 4.79 Å². The highest BCUT2D eigenvalue weighted by molar-refractivity contribution is 7.89. The summed E-state index contributed by atoms with van der Waals surface area (Å²) in [5.74, 6) is -1.77. The number of carbonyl (C=O) groups is 2. The zero-order chi connectivity index (χ0) is 18.4. The third-order valence-corrected chi connectivity index (χ3v) is 7.37. The van der Waals surface area contributed by atoms with Crippen LogP contribution in [0.2, 0.25) is 5.02 Å². The van der Waals surface area contributed by atoms with E-state index in [2.05, 4.69) is 4.74 Å². The van der Waals surface area contributed by atoms with Crippen LogP contribution in [-0.4, -0.2) is 50.0 Å². The second-order valence-electron chi connectivity index (χ2n) is 6.48. The van der Waals surface area contributed by atoms with Crippen molar-refractivity contribution in [1.29, 1.82) is 0 Å². The molecule has 3 rings (SSSR count). The topological polar surface area (TPSA) is 101 Å². The standard InChI is InChI=1S/C16H18ClNO6S/c1-24-14(19)12-5-4-11(7-13(12)17)25(22,23)18-8-10-3-2-6-16(10,9-18)15(20)21/h4-5,7,10H,2-3,6,8-9H2,1H3,(H,20,21)/t10-,16+/m0/s1. The number of aliphatic carboxylic acids is 1. The smallest absolute Gasteiger partial charge is 0.339 e. The van der Waals surface area contributed by atoms with Crippen LogP contribution in [0.4, 0.5) is 0 Å². The fourth-order valence-electron chi connectivity index (χ4n) is 3.86. The van der Waals surface area contributed by atoms with E-state index in [1.165, 1.54) is 29.6 Å². The number of rotatable bonds is 4. The zero-order valence-electron chi connectivity index (χ0n) is 13.6. The number of carbonyl (C=O) groups excluding carboxylic acids is 1. The van der Waals surface area contributed by atoms with Crippen LogP contribution in [-0.2, 0) is 19.6 Å². The van der Waals surface area contributed by atoms with Crippen LogP contribution in [0.3, 0.4) is 0 Å². The molecule has 25 heavy (non-hydrogen) atoms. The van der Waals surface area contributed by atoms with Crippen molar-refractivity contribution >= 4 is 33.6 Å². The monoisotopic (exact) mass is 387 g/mol. The minimum atomic E-state index is -3.89. The third-order valence-electron chi connectivity index (χ3n) is 5.25. The number of hydrogen-bond donors (Lipinski definition) is 1. The SMILES string of the molecule is COC(=O)c1ccc(S(=O)(=O)N2C[C@@H]3CCC[C@@]3(C(=O)O)C2)cc1Cl. The molecule has 1 aliphatic carbocycles. The molecular formula is C16H18ClNO6S. The van der Waals surface area contributed by atoms with Gasteiger partial charge in [-0.05, 0) is 37.0 Å². The number of nitrogens with zero attached hydrogens (tertiary/aromatic N) is 1. The van der Waals surface area contributed by atoms with Gasteiger partial charge in [-0.15, -0.1) is 0 Å². The molecule has 0 unspecified atom stereocenters. The molecular weight excluding hydrogens is 370 g/mol. The van der Waals surface area contributed by atoms with Gasteiger partial charge in [0.25, 0.3) is 0 Å². The van der Waals surface area contributed by atoms with Crippen molar-refractivity contribution in [2.45, 2.75) is 24.2 Å². The molecule has 2 atom stereocenters.